The molecule has 0 saturated carbocycles. The van der Waals surface area contributed by atoms with Gasteiger partial charge in [-0.15, -0.1) is 0 Å². The minimum absolute atomic E-state index is 0.455. The first kappa shape index (κ1) is 13.6. The Labute approximate surface area is 117 Å². The standard InChI is InChI=1S/C14H15N5O/c1-3-20-12-7-5-4-6-11(12)19-14-8-13(16-9-15)17-10(2)18-14/h4-8H,3H2,1-2H3,(H2,16,17,18,19). The number of anilines is 3. The molecule has 6 heteroatoms. The summed E-state index contributed by atoms with van der Waals surface area (Å²) in [5, 5.41) is 14.3. The van der Waals surface area contributed by atoms with Crippen molar-refractivity contribution in [1.29, 1.82) is 5.26 Å². The van der Waals surface area contributed by atoms with Crippen molar-refractivity contribution in [2.75, 3.05) is 17.2 Å². The van der Waals surface area contributed by atoms with Crippen LogP contribution < -0.4 is 15.4 Å². The summed E-state index contributed by atoms with van der Waals surface area (Å²) in [6.07, 6.45) is 1.84. The number of para-hydroxylation sites is 2. The molecule has 0 saturated heterocycles. The summed E-state index contributed by atoms with van der Waals surface area (Å²) >= 11 is 0. The van der Waals surface area contributed by atoms with Crippen molar-refractivity contribution in [3.63, 3.8) is 0 Å². The Morgan fingerprint density at radius 1 is 1.25 bits per heavy atom. The number of aryl methyl sites for hydroxylation is 1. The molecule has 2 aromatic rings. The molecule has 2 N–H and O–H groups in total. The van der Waals surface area contributed by atoms with Gasteiger partial charge in [-0.05, 0) is 26.0 Å². The molecule has 0 atom stereocenters. The maximum Gasteiger partial charge on any atom is 0.182 e. The van der Waals surface area contributed by atoms with Gasteiger partial charge in [-0.3, -0.25) is 5.32 Å². The van der Waals surface area contributed by atoms with E-state index in [1.54, 1.807) is 13.0 Å². The second-order valence-electron chi connectivity index (χ2n) is 3.98. The number of rotatable bonds is 5. The van der Waals surface area contributed by atoms with Gasteiger partial charge < -0.3 is 10.1 Å². The number of hydrogen-bond acceptors (Lipinski definition) is 6. The smallest absolute Gasteiger partial charge is 0.182 e. The fourth-order valence-electron chi connectivity index (χ4n) is 1.74. The number of benzene rings is 1. The van der Waals surface area contributed by atoms with E-state index in [1.165, 1.54) is 0 Å². The van der Waals surface area contributed by atoms with Gasteiger partial charge in [-0.1, -0.05) is 12.1 Å². The molecule has 1 heterocycles. The lowest BCUT2D eigenvalue weighted by molar-refractivity contribution is 0.342. The number of ether oxygens (including phenoxy) is 1. The number of nitriles is 1. The van der Waals surface area contributed by atoms with Gasteiger partial charge in [0.1, 0.15) is 23.2 Å². The molecule has 0 bridgehead atoms. The van der Waals surface area contributed by atoms with E-state index < -0.39 is 0 Å². The molecule has 0 radical (unpaired) electrons. The maximum absolute atomic E-state index is 8.64. The highest BCUT2D eigenvalue weighted by atomic mass is 16.5. The third-order valence-electron chi connectivity index (χ3n) is 2.47. The summed E-state index contributed by atoms with van der Waals surface area (Å²) in [6, 6.07) is 9.27. The summed E-state index contributed by atoms with van der Waals surface area (Å²) in [7, 11) is 0. The van der Waals surface area contributed by atoms with Gasteiger partial charge in [-0.25, -0.2) is 9.97 Å². The maximum atomic E-state index is 8.64. The summed E-state index contributed by atoms with van der Waals surface area (Å²) in [5.74, 6) is 2.38. The molecule has 6 nitrogen and oxygen atoms in total. The SMILES string of the molecule is CCOc1ccccc1Nc1cc(NC#N)nc(C)n1. The Bertz CT molecular complexity index is 636. The fourth-order valence-corrected chi connectivity index (χ4v) is 1.74. The Hall–Kier alpha value is -2.81. The van der Waals surface area contributed by atoms with Gasteiger partial charge in [0.15, 0.2) is 6.19 Å². The Morgan fingerprint density at radius 3 is 2.75 bits per heavy atom. The quantitative estimate of drug-likeness (QED) is 0.641. The first-order valence-corrected chi connectivity index (χ1v) is 6.22. The zero-order valence-electron chi connectivity index (χ0n) is 11.3. The number of nitrogens with zero attached hydrogens (tertiary/aromatic N) is 3. The monoisotopic (exact) mass is 269 g/mol. The van der Waals surface area contributed by atoms with E-state index >= 15 is 0 Å². The van der Waals surface area contributed by atoms with Crippen molar-refractivity contribution < 1.29 is 4.74 Å². The first-order chi connectivity index (χ1) is 9.72. The molecular weight excluding hydrogens is 254 g/mol. The minimum atomic E-state index is 0.455. The topological polar surface area (TPSA) is 82.9 Å². The fraction of sp³-hybridized carbons (Fsp3) is 0.214. The van der Waals surface area contributed by atoms with Crippen LogP contribution in [-0.2, 0) is 0 Å². The van der Waals surface area contributed by atoms with Crippen LogP contribution in [0, 0.1) is 18.4 Å². The van der Waals surface area contributed by atoms with E-state index in [4.69, 9.17) is 10.00 Å². The van der Waals surface area contributed by atoms with Crippen LogP contribution in [-0.4, -0.2) is 16.6 Å². The van der Waals surface area contributed by atoms with Crippen LogP contribution >= 0.6 is 0 Å². The third-order valence-corrected chi connectivity index (χ3v) is 2.47. The molecule has 0 fully saturated rings. The van der Waals surface area contributed by atoms with E-state index in [0.717, 1.165) is 11.4 Å². The molecule has 2 rings (SSSR count). The first-order valence-electron chi connectivity index (χ1n) is 6.22. The van der Waals surface area contributed by atoms with Gasteiger partial charge in [0.25, 0.3) is 0 Å². The van der Waals surface area contributed by atoms with E-state index in [1.807, 2.05) is 37.4 Å². The molecule has 0 aliphatic rings. The van der Waals surface area contributed by atoms with Crippen LogP contribution in [0.15, 0.2) is 30.3 Å². The van der Waals surface area contributed by atoms with Crippen LogP contribution in [0.5, 0.6) is 5.75 Å². The molecule has 1 aromatic heterocycles. The molecule has 102 valence electrons. The lowest BCUT2D eigenvalue weighted by Gasteiger charge is -2.12. The summed E-state index contributed by atoms with van der Waals surface area (Å²) in [6.45, 7) is 4.28. The van der Waals surface area contributed by atoms with Gasteiger partial charge in [0.2, 0.25) is 0 Å². The van der Waals surface area contributed by atoms with Gasteiger partial charge in [0.05, 0.1) is 12.3 Å². The van der Waals surface area contributed by atoms with Crippen LogP contribution in [0.25, 0.3) is 0 Å². The van der Waals surface area contributed by atoms with E-state index in [-0.39, 0.29) is 0 Å². The Morgan fingerprint density at radius 2 is 2.00 bits per heavy atom. The van der Waals surface area contributed by atoms with Gasteiger partial charge in [-0.2, -0.15) is 5.26 Å². The van der Waals surface area contributed by atoms with Gasteiger partial charge in [0, 0.05) is 6.07 Å². The number of nitrogens with one attached hydrogen (secondary N) is 2. The molecule has 20 heavy (non-hydrogen) atoms. The van der Waals surface area contributed by atoms with Crippen LogP contribution in [0.4, 0.5) is 17.3 Å². The summed E-state index contributed by atoms with van der Waals surface area (Å²) < 4.78 is 5.54. The lowest BCUT2D eigenvalue weighted by Crippen LogP contribution is -2.02. The van der Waals surface area contributed by atoms with Crippen LogP contribution in [0.3, 0.4) is 0 Å². The Balaban J connectivity index is 2.28. The molecule has 0 aliphatic heterocycles. The molecule has 0 aliphatic carbocycles. The van der Waals surface area contributed by atoms with Crippen LogP contribution in [0.1, 0.15) is 12.7 Å². The highest BCUT2D eigenvalue weighted by molar-refractivity contribution is 5.65. The third kappa shape index (κ3) is 3.36. The number of hydrogen-bond donors (Lipinski definition) is 2. The summed E-state index contributed by atoms with van der Waals surface area (Å²) in [4.78, 5) is 8.39. The largest absolute Gasteiger partial charge is 0.492 e. The predicted molar refractivity (Wildman–Crippen MR) is 76.9 cm³/mol. The second kappa shape index (κ2) is 6.38. The summed E-state index contributed by atoms with van der Waals surface area (Å²) in [5.41, 5.74) is 0.815. The second-order valence-corrected chi connectivity index (χ2v) is 3.98. The minimum Gasteiger partial charge on any atom is -0.492 e. The van der Waals surface area contributed by atoms with Crippen molar-refractivity contribution >= 4 is 17.3 Å². The normalized spacial score (nSPS) is 9.65. The van der Waals surface area contributed by atoms with Crippen LogP contribution in [0.2, 0.25) is 0 Å². The molecule has 1 aromatic carbocycles. The van der Waals surface area contributed by atoms with Crippen molar-refractivity contribution in [2.45, 2.75) is 13.8 Å². The van der Waals surface area contributed by atoms with E-state index in [0.29, 0.717) is 24.1 Å². The molecular formula is C14H15N5O. The zero-order valence-corrected chi connectivity index (χ0v) is 11.3. The average molecular weight is 269 g/mol. The van der Waals surface area contributed by atoms with Gasteiger partial charge >= 0.3 is 0 Å². The highest BCUT2D eigenvalue weighted by Gasteiger charge is 2.06. The number of aromatic nitrogens is 2. The van der Waals surface area contributed by atoms with Crippen molar-refractivity contribution in [1.82, 2.24) is 9.97 Å². The highest BCUT2D eigenvalue weighted by Crippen LogP contribution is 2.27. The lowest BCUT2D eigenvalue weighted by atomic mass is 10.3. The molecule has 0 spiro atoms. The average Bonchev–Trinajstić information content (AvgIpc) is 2.41. The van der Waals surface area contributed by atoms with Crippen molar-refractivity contribution in [2.24, 2.45) is 0 Å². The molecule has 0 unspecified atom stereocenters. The Kier molecular flexibility index (Phi) is 4.35. The zero-order chi connectivity index (χ0) is 14.4. The van der Waals surface area contributed by atoms with Crippen molar-refractivity contribution in [3.8, 4) is 11.9 Å². The predicted octanol–water partition coefficient (Wildman–Crippen LogP) is 2.82. The van der Waals surface area contributed by atoms with E-state index in [2.05, 4.69) is 20.6 Å². The van der Waals surface area contributed by atoms with Crippen molar-refractivity contribution in [3.05, 3.63) is 36.2 Å². The van der Waals surface area contributed by atoms with E-state index in [9.17, 15) is 0 Å². The molecule has 0 amide bonds.